The minimum absolute atomic E-state index is 0.0283. The number of aromatic hydroxyl groups is 1. The number of unbranched alkanes of at least 4 members (excludes halogenated alkanes) is 2. The first-order valence-electron chi connectivity index (χ1n) is 17.6. The van der Waals surface area contributed by atoms with Crippen LogP contribution in [0.4, 0.5) is 0 Å². The number of ketones is 2. The molecule has 4 rings (SSSR count). The fourth-order valence-electron chi connectivity index (χ4n) is 6.41. The number of carbonyl (C=O) groups excluding carboxylic acids is 2. The first-order chi connectivity index (χ1) is 23.8. The van der Waals surface area contributed by atoms with E-state index in [1.54, 1.807) is 18.2 Å². The molecule has 7 heteroatoms. The molecule has 49 heavy (non-hydrogen) atoms. The fraction of sp³-hybridized carbons (Fsp3) is 0.381. The lowest BCUT2D eigenvalue weighted by atomic mass is 9.90. The molecule has 0 bridgehead atoms. The van der Waals surface area contributed by atoms with Crippen LogP contribution in [0.5, 0.6) is 11.5 Å². The van der Waals surface area contributed by atoms with Crippen LogP contribution in [-0.4, -0.2) is 43.5 Å². The number of methoxy groups -OCH3 is 1. The lowest BCUT2D eigenvalue weighted by Gasteiger charge is -2.22. The van der Waals surface area contributed by atoms with Crippen molar-refractivity contribution in [2.45, 2.75) is 76.8 Å². The number of rotatable bonds is 21. The number of phenols is 1. The smallest absolute Gasteiger partial charge is 0.163 e. The van der Waals surface area contributed by atoms with Crippen molar-refractivity contribution in [3.05, 3.63) is 125 Å². The number of hydrogen-bond donors (Lipinski definition) is 4. The predicted octanol–water partition coefficient (Wildman–Crippen LogP) is 7.23. The molecule has 2 unspecified atom stereocenters. The molecule has 7 nitrogen and oxygen atoms in total. The van der Waals surface area contributed by atoms with E-state index in [9.17, 15) is 14.7 Å². The molecule has 0 amide bonds. The number of ether oxygens (including phenoxy) is 1. The van der Waals surface area contributed by atoms with Gasteiger partial charge in [0.1, 0.15) is 5.78 Å². The van der Waals surface area contributed by atoms with E-state index in [1.807, 2.05) is 37.5 Å². The lowest BCUT2D eigenvalue weighted by Crippen LogP contribution is -2.35. The largest absolute Gasteiger partial charge is 0.504 e. The number of Topliss-reactive ketones (excluding diaryl/α,β-unsaturated/α-hetero) is 1. The van der Waals surface area contributed by atoms with E-state index in [2.05, 4.69) is 53.1 Å². The Hall–Kier alpha value is -4.46. The summed E-state index contributed by atoms with van der Waals surface area (Å²) < 4.78 is 5.37. The minimum atomic E-state index is -0.270. The van der Waals surface area contributed by atoms with Crippen LogP contribution in [0.15, 0.2) is 102 Å². The molecule has 0 saturated heterocycles. The molecule has 0 aromatic heterocycles. The third-order valence-electron chi connectivity index (χ3n) is 9.16. The van der Waals surface area contributed by atoms with Gasteiger partial charge in [0.2, 0.25) is 0 Å². The summed E-state index contributed by atoms with van der Waals surface area (Å²) >= 11 is 0. The second kappa shape index (κ2) is 20.1. The molecule has 1 aliphatic rings. The van der Waals surface area contributed by atoms with E-state index in [0.29, 0.717) is 24.5 Å². The number of carbonyl (C=O) groups is 2. The standard InChI is InChI=1S/C42H53N3O4/c1-44-29-33(19-18-31-12-6-3-7-13-31)16-10-5-11-17-38(46)28-39(47)23-22-34-26-41(49-2)40(48)25-36(34)24-37-30-45-42(43)27-35(37)21-20-32-14-8-4-9-15-32/h3-4,6-9,12-15,22-23,25-27,30,33,42,44-45,48H,5,10-11,16-21,24,28-29,43H2,1-2H3. The molecule has 2 atom stereocenters. The molecule has 3 aromatic carbocycles. The highest BCUT2D eigenvalue weighted by Crippen LogP contribution is 2.33. The van der Waals surface area contributed by atoms with Crippen LogP contribution in [0, 0.1) is 5.92 Å². The van der Waals surface area contributed by atoms with E-state index in [0.717, 1.165) is 80.2 Å². The number of dihydropyridines is 1. The van der Waals surface area contributed by atoms with Crippen molar-refractivity contribution >= 4 is 17.6 Å². The normalized spacial score (nSPS) is 15.0. The topological polar surface area (TPSA) is 114 Å². The van der Waals surface area contributed by atoms with Gasteiger partial charge >= 0.3 is 0 Å². The summed E-state index contributed by atoms with van der Waals surface area (Å²) in [6.07, 6.45) is 15.6. The van der Waals surface area contributed by atoms with Crippen molar-refractivity contribution in [1.82, 2.24) is 10.6 Å². The summed E-state index contributed by atoms with van der Waals surface area (Å²) in [6.45, 7) is 0.996. The maximum atomic E-state index is 12.9. The summed E-state index contributed by atoms with van der Waals surface area (Å²) in [7, 11) is 3.50. The van der Waals surface area contributed by atoms with E-state index in [4.69, 9.17) is 10.5 Å². The average Bonchev–Trinajstić information content (AvgIpc) is 3.11. The molecule has 3 aromatic rings. The van der Waals surface area contributed by atoms with Crippen LogP contribution in [0.3, 0.4) is 0 Å². The van der Waals surface area contributed by atoms with Gasteiger partial charge in [-0.05, 0) is 122 Å². The summed E-state index contributed by atoms with van der Waals surface area (Å²) in [5, 5.41) is 17.1. The SMILES string of the molecule is CNCC(CCCCCC(=O)CC(=O)C=Cc1cc(OC)c(O)cc1CC1=CNC(N)C=C1CCc1ccccc1)CCc1ccccc1. The Bertz CT molecular complexity index is 1580. The Morgan fingerprint density at radius 2 is 1.65 bits per heavy atom. The van der Waals surface area contributed by atoms with E-state index >= 15 is 0 Å². The summed E-state index contributed by atoms with van der Waals surface area (Å²) in [5.41, 5.74) is 12.6. The highest BCUT2D eigenvalue weighted by atomic mass is 16.5. The Morgan fingerprint density at radius 1 is 0.939 bits per heavy atom. The van der Waals surface area contributed by atoms with Gasteiger partial charge in [-0.25, -0.2) is 0 Å². The van der Waals surface area contributed by atoms with Crippen molar-refractivity contribution in [3.8, 4) is 11.5 Å². The number of benzene rings is 3. The number of nitrogens with one attached hydrogen (secondary N) is 2. The first-order valence-corrected chi connectivity index (χ1v) is 17.6. The third-order valence-corrected chi connectivity index (χ3v) is 9.16. The molecular weight excluding hydrogens is 610 g/mol. The monoisotopic (exact) mass is 663 g/mol. The maximum Gasteiger partial charge on any atom is 0.163 e. The molecule has 0 spiro atoms. The van der Waals surface area contributed by atoms with Gasteiger partial charge in [-0.2, -0.15) is 0 Å². The number of hydrogen-bond acceptors (Lipinski definition) is 7. The van der Waals surface area contributed by atoms with Crippen molar-refractivity contribution < 1.29 is 19.4 Å². The fourth-order valence-corrected chi connectivity index (χ4v) is 6.41. The van der Waals surface area contributed by atoms with Crippen LogP contribution in [-0.2, 0) is 28.9 Å². The molecule has 0 radical (unpaired) electrons. The summed E-state index contributed by atoms with van der Waals surface area (Å²) in [6, 6.07) is 24.3. The quantitative estimate of drug-likeness (QED) is 0.0540. The molecule has 0 aliphatic carbocycles. The van der Waals surface area contributed by atoms with E-state index in [-0.39, 0.29) is 29.9 Å². The van der Waals surface area contributed by atoms with Gasteiger partial charge in [0.05, 0.1) is 19.7 Å². The van der Waals surface area contributed by atoms with Crippen LogP contribution in [0.25, 0.3) is 6.08 Å². The number of nitrogens with two attached hydrogens (primary N) is 1. The first kappa shape index (κ1) is 37.4. The highest BCUT2D eigenvalue weighted by molar-refractivity contribution is 6.06. The number of phenolic OH excluding ortho intramolecular Hbond substituents is 1. The maximum absolute atomic E-state index is 12.9. The molecule has 1 aliphatic heterocycles. The van der Waals surface area contributed by atoms with Crippen LogP contribution in [0.2, 0.25) is 0 Å². The van der Waals surface area contributed by atoms with Gasteiger partial charge < -0.3 is 26.2 Å². The second-order valence-corrected chi connectivity index (χ2v) is 13.0. The summed E-state index contributed by atoms with van der Waals surface area (Å²) in [5.74, 6) is 0.696. The highest BCUT2D eigenvalue weighted by Gasteiger charge is 2.17. The minimum Gasteiger partial charge on any atom is -0.504 e. The Morgan fingerprint density at radius 3 is 2.35 bits per heavy atom. The van der Waals surface area contributed by atoms with Crippen molar-refractivity contribution in [3.63, 3.8) is 0 Å². The summed E-state index contributed by atoms with van der Waals surface area (Å²) in [4.78, 5) is 25.5. The van der Waals surface area contributed by atoms with Gasteiger partial charge in [0.15, 0.2) is 17.3 Å². The van der Waals surface area contributed by atoms with Gasteiger partial charge in [-0.1, -0.05) is 79.6 Å². The zero-order chi connectivity index (χ0) is 34.8. The molecule has 0 saturated carbocycles. The zero-order valence-corrected chi connectivity index (χ0v) is 29.1. The molecule has 1 heterocycles. The van der Waals surface area contributed by atoms with Crippen molar-refractivity contribution in [2.24, 2.45) is 11.7 Å². The zero-order valence-electron chi connectivity index (χ0n) is 29.1. The molecular formula is C42H53N3O4. The average molecular weight is 664 g/mol. The van der Waals surface area contributed by atoms with Crippen molar-refractivity contribution in [1.29, 1.82) is 0 Å². The second-order valence-electron chi connectivity index (χ2n) is 13.0. The Labute approximate surface area is 292 Å². The van der Waals surface area contributed by atoms with Gasteiger partial charge in [0.25, 0.3) is 0 Å². The molecule has 0 fully saturated rings. The number of allylic oxidation sites excluding steroid dienone is 3. The van der Waals surface area contributed by atoms with Crippen LogP contribution < -0.4 is 21.1 Å². The van der Waals surface area contributed by atoms with E-state index in [1.165, 1.54) is 24.3 Å². The Balaban J connectivity index is 1.28. The predicted molar refractivity (Wildman–Crippen MR) is 199 cm³/mol. The van der Waals surface area contributed by atoms with Crippen molar-refractivity contribution in [2.75, 3.05) is 20.7 Å². The van der Waals surface area contributed by atoms with Gasteiger partial charge in [-0.3, -0.25) is 9.59 Å². The molecule has 5 N–H and O–H groups in total. The van der Waals surface area contributed by atoms with E-state index < -0.39 is 0 Å². The number of aryl methyl sites for hydroxylation is 2. The van der Waals surface area contributed by atoms with Crippen LogP contribution >= 0.6 is 0 Å². The lowest BCUT2D eigenvalue weighted by molar-refractivity contribution is -0.124. The molecule has 260 valence electrons. The van der Waals surface area contributed by atoms with Crippen LogP contribution in [0.1, 0.15) is 73.6 Å². The third kappa shape index (κ3) is 12.8. The van der Waals surface area contributed by atoms with Gasteiger partial charge in [0, 0.05) is 12.6 Å². The Kier molecular flexibility index (Phi) is 15.4. The van der Waals surface area contributed by atoms with Gasteiger partial charge in [-0.15, -0.1) is 0 Å².